The summed E-state index contributed by atoms with van der Waals surface area (Å²) in [4.78, 5) is 13.6. The molecule has 2 amide bonds. The van der Waals surface area contributed by atoms with Crippen LogP contribution in [0, 0.1) is 5.82 Å². The molecule has 2 aromatic carbocycles. The molecule has 0 aliphatic heterocycles. The van der Waals surface area contributed by atoms with Crippen molar-refractivity contribution in [2.45, 2.75) is 13.1 Å². The Morgan fingerprint density at radius 3 is 2.29 bits per heavy atom. The molecule has 0 radical (unpaired) electrons. The fourth-order valence-corrected chi connectivity index (χ4v) is 2.11. The topological polar surface area (TPSA) is 32.3 Å². The molecule has 0 aliphatic rings. The lowest BCUT2D eigenvalue weighted by Gasteiger charge is -2.18. The fourth-order valence-electron chi connectivity index (χ4n) is 1.85. The van der Waals surface area contributed by atoms with Crippen molar-refractivity contribution in [3.63, 3.8) is 0 Å². The van der Waals surface area contributed by atoms with Crippen LogP contribution in [0.1, 0.15) is 11.1 Å². The number of nitrogens with zero attached hydrogens (tertiary/aromatic N) is 1. The first-order valence-electron chi connectivity index (χ1n) is 6.52. The molecule has 0 spiro atoms. The number of hydrogen-bond donors (Lipinski definition) is 1. The van der Waals surface area contributed by atoms with E-state index < -0.39 is 0 Å². The molecule has 0 atom stereocenters. The van der Waals surface area contributed by atoms with Gasteiger partial charge < -0.3 is 10.2 Å². The zero-order chi connectivity index (χ0) is 15.2. The Labute approximate surface area is 131 Å². The van der Waals surface area contributed by atoms with Crippen LogP contribution in [0.2, 0.25) is 0 Å². The number of urea groups is 1. The van der Waals surface area contributed by atoms with Gasteiger partial charge in [-0.3, -0.25) is 0 Å². The van der Waals surface area contributed by atoms with E-state index in [1.54, 1.807) is 24.1 Å². The average molecular weight is 351 g/mol. The van der Waals surface area contributed by atoms with Gasteiger partial charge in [-0.15, -0.1) is 0 Å². The molecule has 2 rings (SSSR count). The van der Waals surface area contributed by atoms with Gasteiger partial charge in [-0.25, -0.2) is 9.18 Å². The summed E-state index contributed by atoms with van der Waals surface area (Å²) in [6.07, 6.45) is 0. The highest BCUT2D eigenvalue weighted by Crippen LogP contribution is 2.11. The second-order valence-corrected chi connectivity index (χ2v) is 5.68. The van der Waals surface area contributed by atoms with E-state index in [0.29, 0.717) is 13.1 Å². The maximum absolute atomic E-state index is 12.8. The standard InChI is InChI=1S/C16H16BrFN2O/c1-20(11-13-2-6-14(17)7-3-13)16(21)19-10-12-4-8-15(18)9-5-12/h2-9H,10-11H2,1H3,(H,19,21). The molecule has 0 aliphatic carbocycles. The Bertz CT molecular complexity index is 599. The van der Waals surface area contributed by atoms with Gasteiger partial charge in [0, 0.05) is 24.6 Å². The van der Waals surface area contributed by atoms with E-state index in [9.17, 15) is 9.18 Å². The Morgan fingerprint density at radius 2 is 1.67 bits per heavy atom. The van der Waals surface area contributed by atoms with Crippen LogP contribution in [0.15, 0.2) is 53.0 Å². The predicted molar refractivity (Wildman–Crippen MR) is 84.2 cm³/mol. The lowest BCUT2D eigenvalue weighted by Crippen LogP contribution is -2.36. The zero-order valence-electron chi connectivity index (χ0n) is 11.6. The van der Waals surface area contributed by atoms with Crippen molar-refractivity contribution < 1.29 is 9.18 Å². The minimum absolute atomic E-state index is 0.165. The summed E-state index contributed by atoms with van der Waals surface area (Å²) < 4.78 is 13.8. The third-order valence-corrected chi connectivity index (χ3v) is 3.57. The van der Waals surface area contributed by atoms with E-state index in [0.717, 1.165) is 15.6 Å². The molecule has 0 aromatic heterocycles. The van der Waals surface area contributed by atoms with Crippen LogP contribution >= 0.6 is 15.9 Å². The van der Waals surface area contributed by atoms with Crippen molar-refractivity contribution in [1.29, 1.82) is 0 Å². The Kier molecular flexibility index (Phi) is 5.33. The number of rotatable bonds is 4. The summed E-state index contributed by atoms with van der Waals surface area (Å²) in [6, 6.07) is 13.7. The number of hydrogen-bond acceptors (Lipinski definition) is 1. The maximum Gasteiger partial charge on any atom is 0.317 e. The number of halogens is 2. The molecule has 2 aromatic rings. The van der Waals surface area contributed by atoms with Crippen LogP contribution < -0.4 is 5.32 Å². The molecule has 0 unspecified atom stereocenters. The third kappa shape index (κ3) is 4.86. The smallest absolute Gasteiger partial charge is 0.317 e. The van der Waals surface area contributed by atoms with Crippen LogP contribution in [0.5, 0.6) is 0 Å². The summed E-state index contributed by atoms with van der Waals surface area (Å²) in [5, 5.41) is 2.81. The van der Waals surface area contributed by atoms with Crippen LogP contribution in [0.4, 0.5) is 9.18 Å². The third-order valence-electron chi connectivity index (χ3n) is 3.04. The Hall–Kier alpha value is -1.88. The van der Waals surface area contributed by atoms with Crippen LogP contribution in [-0.4, -0.2) is 18.0 Å². The lowest BCUT2D eigenvalue weighted by molar-refractivity contribution is 0.206. The highest BCUT2D eigenvalue weighted by atomic mass is 79.9. The number of carbonyl (C=O) groups is 1. The SMILES string of the molecule is CN(Cc1ccc(Br)cc1)C(=O)NCc1ccc(F)cc1. The van der Waals surface area contributed by atoms with E-state index in [-0.39, 0.29) is 11.8 Å². The highest BCUT2D eigenvalue weighted by molar-refractivity contribution is 9.10. The molecule has 0 saturated heterocycles. The summed E-state index contributed by atoms with van der Waals surface area (Å²) in [5.41, 5.74) is 1.92. The molecule has 0 bridgehead atoms. The first-order chi connectivity index (χ1) is 10.0. The van der Waals surface area contributed by atoms with Crippen LogP contribution in [0.25, 0.3) is 0 Å². The van der Waals surface area contributed by atoms with Gasteiger partial charge in [-0.05, 0) is 35.4 Å². The number of carbonyl (C=O) groups excluding carboxylic acids is 1. The number of nitrogens with one attached hydrogen (secondary N) is 1. The summed E-state index contributed by atoms with van der Waals surface area (Å²) >= 11 is 3.38. The second-order valence-electron chi connectivity index (χ2n) is 4.77. The Balaban J connectivity index is 1.84. The molecule has 3 nitrogen and oxygen atoms in total. The lowest BCUT2D eigenvalue weighted by atomic mass is 10.2. The molecule has 0 fully saturated rings. The summed E-state index contributed by atoms with van der Waals surface area (Å²) in [7, 11) is 1.74. The van der Waals surface area contributed by atoms with Gasteiger partial charge in [0.05, 0.1) is 0 Å². The quantitative estimate of drug-likeness (QED) is 0.890. The highest BCUT2D eigenvalue weighted by Gasteiger charge is 2.08. The van der Waals surface area contributed by atoms with Gasteiger partial charge >= 0.3 is 6.03 Å². The molecule has 5 heteroatoms. The monoisotopic (exact) mass is 350 g/mol. The number of benzene rings is 2. The largest absolute Gasteiger partial charge is 0.334 e. The first kappa shape index (κ1) is 15.5. The molecule has 1 N–H and O–H groups in total. The van der Waals surface area contributed by atoms with Crippen molar-refractivity contribution in [3.05, 3.63) is 69.9 Å². The predicted octanol–water partition coefficient (Wildman–Crippen LogP) is 3.93. The fraction of sp³-hybridized carbons (Fsp3) is 0.188. The van der Waals surface area contributed by atoms with Crippen molar-refractivity contribution in [2.75, 3.05) is 7.05 Å². The van der Waals surface area contributed by atoms with Crippen LogP contribution in [-0.2, 0) is 13.1 Å². The molecule has 0 saturated carbocycles. The molecule has 0 heterocycles. The first-order valence-corrected chi connectivity index (χ1v) is 7.32. The van der Waals surface area contributed by atoms with Crippen molar-refractivity contribution in [3.8, 4) is 0 Å². The molecular weight excluding hydrogens is 335 g/mol. The van der Waals surface area contributed by atoms with Crippen molar-refractivity contribution in [2.24, 2.45) is 0 Å². The van der Waals surface area contributed by atoms with E-state index in [2.05, 4.69) is 21.2 Å². The molecular formula is C16H16BrFN2O. The summed E-state index contributed by atoms with van der Waals surface area (Å²) in [5.74, 6) is -0.280. The van der Waals surface area contributed by atoms with Gasteiger partial charge in [0.2, 0.25) is 0 Å². The van der Waals surface area contributed by atoms with Crippen molar-refractivity contribution in [1.82, 2.24) is 10.2 Å². The van der Waals surface area contributed by atoms with Gasteiger partial charge in [-0.2, -0.15) is 0 Å². The van der Waals surface area contributed by atoms with E-state index in [4.69, 9.17) is 0 Å². The average Bonchev–Trinajstić information content (AvgIpc) is 2.48. The van der Waals surface area contributed by atoms with Crippen LogP contribution in [0.3, 0.4) is 0 Å². The van der Waals surface area contributed by atoms with Gasteiger partial charge in [-0.1, -0.05) is 40.2 Å². The maximum atomic E-state index is 12.8. The second kappa shape index (κ2) is 7.22. The minimum atomic E-state index is -0.280. The zero-order valence-corrected chi connectivity index (χ0v) is 13.2. The summed E-state index contributed by atoms with van der Waals surface area (Å²) in [6.45, 7) is 0.909. The van der Waals surface area contributed by atoms with E-state index in [1.807, 2.05) is 24.3 Å². The van der Waals surface area contributed by atoms with Gasteiger partial charge in [0.1, 0.15) is 5.82 Å². The normalized spacial score (nSPS) is 10.2. The number of amides is 2. The van der Waals surface area contributed by atoms with Gasteiger partial charge in [0.15, 0.2) is 0 Å². The van der Waals surface area contributed by atoms with Gasteiger partial charge in [0.25, 0.3) is 0 Å². The Morgan fingerprint density at radius 1 is 1.10 bits per heavy atom. The molecule has 110 valence electrons. The van der Waals surface area contributed by atoms with E-state index >= 15 is 0 Å². The minimum Gasteiger partial charge on any atom is -0.334 e. The van der Waals surface area contributed by atoms with E-state index in [1.165, 1.54) is 12.1 Å². The molecule has 21 heavy (non-hydrogen) atoms. The van der Waals surface area contributed by atoms with Crippen molar-refractivity contribution >= 4 is 22.0 Å².